The van der Waals surface area contributed by atoms with E-state index < -0.39 is 0 Å². The third-order valence-electron chi connectivity index (χ3n) is 2.68. The molecule has 0 heterocycles. The van der Waals surface area contributed by atoms with Crippen molar-refractivity contribution in [1.82, 2.24) is 4.90 Å². The topological polar surface area (TPSA) is 20.3 Å². The Morgan fingerprint density at radius 1 is 0.889 bits per heavy atom. The third-order valence-corrected chi connectivity index (χ3v) is 2.68. The maximum Gasteiger partial charge on any atom is 0.210 e. The SMILES string of the molecule is O=CN(Cc1ccccc1)Cc1ccc(F)cc1. The van der Waals surface area contributed by atoms with Gasteiger partial charge in [-0.2, -0.15) is 0 Å². The van der Waals surface area contributed by atoms with Crippen LogP contribution in [0.5, 0.6) is 0 Å². The van der Waals surface area contributed by atoms with Gasteiger partial charge in [0, 0.05) is 13.1 Å². The number of carbonyl (C=O) groups excluding carboxylic acids is 1. The number of benzene rings is 2. The van der Waals surface area contributed by atoms with Crippen LogP contribution < -0.4 is 0 Å². The maximum atomic E-state index is 12.8. The van der Waals surface area contributed by atoms with Crippen molar-refractivity contribution < 1.29 is 9.18 Å². The molecule has 0 spiro atoms. The highest BCUT2D eigenvalue weighted by Gasteiger charge is 2.04. The van der Waals surface area contributed by atoms with E-state index >= 15 is 0 Å². The van der Waals surface area contributed by atoms with Gasteiger partial charge in [0.15, 0.2) is 0 Å². The molecule has 92 valence electrons. The lowest BCUT2D eigenvalue weighted by molar-refractivity contribution is -0.119. The summed E-state index contributed by atoms with van der Waals surface area (Å²) < 4.78 is 12.8. The van der Waals surface area contributed by atoms with Gasteiger partial charge >= 0.3 is 0 Å². The molecule has 0 unspecified atom stereocenters. The van der Waals surface area contributed by atoms with Crippen molar-refractivity contribution in [2.24, 2.45) is 0 Å². The number of hydrogen-bond donors (Lipinski definition) is 0. The number of amides is 1. The Morgan fingerprint density at radius 3 is 2.00 bits per heavy atom. The van der Waals surface area contributed by atoms with E-state index in [4.69, 9.17) is 0 Å². The summed E-state index contributed by atoms with van der Waals surface area (Å²) in [6, 6.07) is 16.0. The molecule has 0 aliphatic carbocycles. The Hall–Kier alpha value is -2.16. The second kappa shape index (κ2) is 5.96. The number of hydrogen-bond acceptors (Lipinski definition) is 1. The second-order valence-electron chi connectivity index (χ2n) is 4.12. The molecule has 0 radical (unpaired) electrons. The van der Waals surface area contributed by atoms with Crippen LogP contribution in [0.25, 0.3) is 0 Å². The summed E-state index contributed by atoms with van der Waals surface area (Å²) in [5.41, 5.74) is 1.99. The minimum Gasteiger partial charge on any atom is -0.337 e. The molecule has 0 atom stereocenters. The summed E-state index contributed by atoms with van der Waals surface area (Å²) in [4.78, 5) is 12.7. The van der Waals surface area contributed by atoms with E-state index in [2.05, 4.69) is 0 Å². The second-order valence-corrected chi connectivity index (χ2v) is 4.12. The highest BCUT2D eigenvalue weighted by atomic mass is 19.1. The van der Waals surface area contributed by atoms with Gasteiger partial charge in [0.25, 0.3) is 0 Å². The predicted molar refractivity (Wildman–Crippen MR) is 68.2 cm³/mol. The molecule has 1 amide bonds. The Bertz CT molecular complexity index is 496. The van der Waals surface area contributed by atoms with Gasteiger partial charge in [0.1, 0.15) is 5.82 Å². The van der Waals surface area contributed by atoms with Crippen molar-refractivity contribution >= 4 is 6.41 Å². The molecule has 0 N–H and O–H groups in total. The van der Waals surface area contributed by atoms with E-state index in [0.717, 1.165) is 17.5 Å². The molecule has 2 rings (SSSR count). The highest BCUT2D eigenvalue weighted by molar-refractivity contribution is 5.47. The Kier molecular flexibility index (Phi) is 4.07. The number of carbonyl (C=O) groups is 1. The summed E-state index contributed by atoms with van der Waals surface area (Å²) in [7, 11) is 0. The van der Waals surface area contributed by atoms with E-state index in [9.17, 15) is 9.18 Å². The largest absolute Gasteiger partial charge is 0.337 e. The third kappa shape index (κ3) is 3.42. The highest BCUT2D eigenvalue weighted by Crippen LogP contribution is 2.09. The molecular weight excluding hydrogens is 229 g/mol. The molecule has 0 bridgehead atoms. The van der Waals surface area contributed by atoms with E-state index in [1.54, 1.807) is 17.0 Å². The first-order valence-electron chi connectivity index (χ1n) is 5.75. The van der Waals surface area contributed by atoms with Gasteiger partial charge in [-0.1, -0.05) is 42.5 Å². The molecule has 0 aliphatic heterocycles. The number of nitrogens with zero attached hydrogens (tertiary/aromatic N) is 1. The van der Waals surface area contributed by atoms with E-state index in [-0.39, 0.29) is 5.82 Å². The zero-order valence-corrected chi connectivity index (χ0v) is 9.92. The van der Waals surface area contributed by atoms with Crippen LogP contribution in [-0.4, -0.2) is 11.3 Å². The van der Waals surface area contributed by atoms with Crippen LogP contribution in [0.2, 0.25) is 0 Å². The van der Waals surface area contributed by atoms with E-state index in [0.29, 0.717) is 13.1 Å². The first-order valence-corrected chi connectivity index (χ1v) is 5.75. The van der Waals surface area contributed by atoms with Crippen molar-refractivity contribution in [1.29, 1.82) is 0 Å². The lowest BCUT2D eigenvalue weighted by atomic mass is 10.2. The van der Waals surface area contributed by atoms with Crippen LogP contribution in [0.4, 0.5) is 4.39 Å². The fourth-order valence-corrected chi connectivity index (χ4v) is 1.77. The lowest BCUT2D eigenvalue weighted by Crippen LogP contribution is -2.20. The molecule has 0 aliphatic rings. The van der Waals surface area contributed by atoms with Crippen molar-refractivity contribution in [3.05, 3.63) is 71.5 Å². The molecule has 2 aromatic carbocycles. The molecule has 0 aromatic heterocycles. The van der Waals surface area contributed by atoms with Crippen LogP contribution in [0.3, 0.4) is 0 Å². The average Bonchev–Trinajstić information content (AvgIpc) is 2.41. The zero-order valence-electron chi connectivity index (χ0n) is 9.92. The summed E-state index contributed by atoms with van der Waals surface area (Å²) in [6.45, 7) is 1.04. The van der Waals surface area contributed by atoms with Gasteiger partial charge in [0.05, 0.1) is 0 Å². The molecule has 18 heavy (non-hydrogen) atoms. The molecular formula is C15H14FNO. The maximum absolute atomic E-state index is 12.8. The summed E-state index contributed by atoms with van der Waals surface area (Å²) in [5, 5.41) is 0. The smallest absolute Gasteiger partial charge is 0.210 e. The normalized spacial score (nSPS) is 10.1. The molecule has 0 fully saturated rings. The summed E-state index contributed by atoms with van der Waals surface area (Å²) in [6.07, 6.45) is 0.816. The zero-order chi connectivity index (χ0) is 12.8. The molecule has 0 saturated carbocycles. The number of halogens is 1. The summed E-state index contributed by atoms with van der Waals surface area (Å²) >= 11 is 0. The monoisotopic (exact) mass is 243 g/mol. The summed E-state index contributed by atoms with van der Waals surface area (Å²) in [5.74, 6) is -0.264. The van der Waals surface area contributed by atoms with Gasteiger partial charge in [0.2, 0.25) is 6.41 Å². The first kappa shape index (κ1) is 12.3. The molecule has 2 aromatic rings. The Labute approximate surface area is 106 Å². The van der Waals surface area contributed by atoms with E-state index in [1.165, 1.54) is 12.1 Å². The standard InChI is InChI=1S/C15H14FNO/c16-15-8-6-14(7-9-15)11-17(12-18)10-13-4-2-1-3-5-13/h1-9,12H,10-11H2. The van der Waals surface area contributed by atoms with Crippen LogP contribution in [0.15, 0.2) is 54.6 Å². The van der Waals surface area contributed by atoms with Gasteiger partial charge < -0.3 is 4.90 Å². The molecule has 0 saturated heterocycles. The van der Waals surface area contributed by atoms with Gasteiger partial charge in [-0.15, -0.1) is 0 Å². The van der Waals surface area contributed by atoms with Gasteiger partial charge in [-0.3, -0.25) is 4.79 Å². The minimum atomic E-state index is -0.264. The van der Waals surface area contributed by atoms with Gasteiger partial charge in [-0.25, -0.2) is 4.39 Å². The average molecular weight is 243 g/mol. The fraction of sp³-hybridized carbons (Fsp3) is 0.133. The van der Waals surface area contributed by atoms with Crippen LogP contribution in [0.1, 0.15) is 11.1 Å². The first-order chi connectivity index (χ1) is 8.78. The van der Waals surface area contributed by atoms with Crippen LogP contribution in [0, 0.1) is 5.82 Å². The van der Waals surface area contributed by atoms with Crippen molar-refractivity contribution in [3.8, 4) is 0 Å². The Balaban J connectivity index is 2.01. The van der Waals surface area contributed by atoms with Crippen molar-refractivity contribution in [3.63, 3.8) is 0 Å². The predicted octanol–water partition coefficient (Wildman–Crippen LogP) is 2.98. The van der Waals surface area contributed by atoms with E-state index in [1.807, 2.05) is 30.3 Å². The van der Waals surface area contributed by atoms with Crippen LogP contribution >= 0.6 is 0 Å². The Morgan fingerprint density at radius 2 is 1.44 bits per heavy atom. The number of rotatable bonds is 5. The quantitative estimate of drug-likeness (QED) is 0.739. The van der Waals surface area contributed by atoms with Crippen LogP contribution in [-0.2, 0) is 17.9 Å². The minimum absolute atomic E-state index is 0.264. The molecule has 2 nitrogen and oxygen atoms in total. The molecule has 3 heteroatoms. The lowest BCUT2D eigenvalue weighted by Gasteiger charge is -2.17. The van der Waals surface area contributed by atoms with Gasteiger partial charge in [-0.05, 0) is 23.3 Å². The fourth-order valence-electron chi connectivity index (χ4n) is 1.77. The van der Waals surface area contributed by atoms with Crippen molar-refractivity contribution in [2.75, 3.05) is 0 Å². The van der Waals surface area contributed by atoms with Crippen molar-refractivity contribution in [2.45, 2.75) is 13.1 Å².